The van der Waals surface area contributed by atoms with Gasteiger partial charge < -0.3 is 0 Å². The number of nitrogens with zero attached hydrogens (tertiary/aromatic N) is 1. The van der Waals surface area contributed by atoms with E-state index in [1.807, 2.05) is 19.1 Å². The van der Waals surface area contributed by atoms with Crippen LogP contribution in [0, 0.1) is 17.2 Å². The Labute approximate surface area is 94.5 Å². The van der Waals surface area contributed by atoms with Gasteiger partial charge >= 0.3 is 0 Å². The Hall–Kier alpha value is -1.03. The summed E-state index contributed by atoms with van der Waals surface area (Å²) in [5, 5.41) is 8.85. The van der Waals surface area contributed by atoms with Crippen molar-refractivity contribution in [2.75, 3.05) is 0 Å². The summed E-state index contributed by atoms with van der Waals surface area (Å²) in [7, 11) is 0. The van der Waals surface area contributed by atoms with Crippen molar-refractivity contribution in [1.29, 1.82) is 5.26 Å². The number of hydrogen-bond acceptors (Lipinski definition) is 1. The Balaban J connectivity index is 4.61. The molecule has 0 fully saturated rings. The largest absolute Gasteiger partial charge is 0.192 e. The zero-order chi connectivity index (χ0) is 11.7. The third-order valence-corrected chi connectivity index (χ3v) is 2.74. The minimum absolute atomic E-state index is 0.656. The average Bonchev–Trinajstić information content (AvgIpc) is 2.25. The highest BCUT2D eigenvalue weighted by Gasteiger charge is 2.08. The Morgan fingerprint density at radius 2 is 1.80 bits per heavy atom. The Kier molecular flexibility index (Phi) is 7.72. The molecule has 0 aromatic rings. The number of hydrogen-bond donors (Lipinski definition) is 0. The van der Waals surface area contributed by atoms with E-state index in [1.54, 1.807) is 0 Å². The van der Waals surface area contributed by atoms with Crippen LogP contribution in [0.4, 0.5) is 0 Å². The van der Waals surface area contributed by atoms with Crippen LogP contribution >= 0.6 is 0 Å². The molecule has 0 aliphatic heterocycles. The molecule has 15 heavy (non-hydrogen) atoms. The molecule has 0 rings (SSSR count). The molecule has 0 heterocycles. The van der Waals surface area contributed by atoms with Crippen LogP contribution < -0.4 is 0 Å². The molecule has 0 N–H and O–H groups in total. The molecule has 1 nitrogen and oxygen atoms in total. The van der Waals surface area contributed by atoms with Gasteiger partial charge in [0, 0.05) is 5.57 Å². The molecule has 0 bridgehead atoms. The molecule has 0 radical (unpaired) electrons. The van der Waals surface area contributed by atoms with Crippen LogP contribution in [0.25, 0.3) is 0 Å². The summed E-state index contributed by atoms with van der Waals surface area (Å²) < 4.78 is 0. The minimum Gasteiger partial charge on any atom is -0.192 e. The van der Waals surface area contributed by atoms with Crippen molar-refractivity contribution in [3.8, 4) is 6.07 Å². The first-order valence-electron chi connectivity index (χ1n) is 5.94. The van der Waals surface area contributed by atoms with E-state index in [0.29, 0.717) is 5.92 Å². The molecule has 84 valence electrons. The van der Waals surface area contributed by atoms with Gasteiger partial charge in [0.25, 0.3) is 0 Å². The highest BCUT2D eigenvalue weighted by Crippen LogP contribution is 2.23. The summed E-state index contributed by atoms with van der Waals surface area (Å²) in [5.74, 6) is 0.656. The minimum atomic E-state index is 0.656. The molecule has 0 unspecified atom stereocenters. The quantitative estimate of drug-likeness (QED) is 0.458. The highest BCUT2D eigenvalue weighted by atomic mass is 14.2. The molecule has 0 atom stereocenters. The monoisotopic (exact) mass is 205 g/mol. The van der Waals surface area contributed by atoms with Gasteiger partial charge in [0.2, 0.25) is 0 Å². The molecular weight excluding hydrogens is 182 g/mol. The van der Waals surface area contributed by atoms with Crippen LogP contribution in [-0.4, -0.2) is 0 Å². The first kappa shape index (κ1) is 14.0. The van der Waals surface area contributed by atoms with Crippen LogP contribution in [-0.2, 0) is 0 Å². The van der Waals surface area contributed by atoms with Gasteiger partial charge in [-0.05, 0) is 38.7 Å². The van der Waals surface area contributed by atoms with Crippen molar-refractivity contribution in [2.45, 2.75) is 53.4 Å². The number of allylic oxidation sites excluding steroid dienone is 4. The lowest BCUT2D eigenvalue weighted by Gasteiger charge is -2.15. The second kappa shape index (κ2) is 8.29. The number of rotatable bonds is 6. The van der Waals surface area contributed by atoms with Crippen molar-refractivity contribution in [2.24, 2.45) is 5.92 Å². The van der Waals surface area contributed by atoms with Gasteiger partial charge in [0.15, 0.2) is 0 Å². The lowest BCUT2D eigenvalue weighted by atomic mass is 9.90. The van der Waals surface area contributed by atoms with E-state index < -0.39 is 0 Å². The molecule has 1 heteroatoms. The van der Waals surface area contributed by atoms with Crippen molar-refractivity contribution in [3.05, 3.63) is 23.3 Å². The zero-order valence-electron chi connectivity index (χ0n) is 10.5. The number of nitriles is 1. The predicted molar refractivity (Wildman–Crippen MR) is 66.4 cm³/mol. The first-order valence-corrected chi connectivity index (χ1v) is 5.94. The Morgan fingerprint density at radius 3 is 2.13 bits per heavy atom. The van der Waals surface area contributed by atoms with Gasteiger partial charge in [0.1, 0.15) is 0 Å². The summed E-state index contributed by atoms with van der Waals surface area (Å²) in [6, 6.07) is 2.21. The molecular formula is C14H23N. The molecule has 0 saturated carbocycles. The van der Waals surface area contributed by atoms with E-state index in [9.17, 15) is 0 Å². The molecule has 0 amide bonds. The van der Waals surface area contributed by atoms with E-state index in [4.69, 9.17) is 5.26 Å². The van der Waals surface area contributed by atoms with E-state index in [-0.39, 0.29) is 0 Å². The first-order chi connectivity index (χ1) is 7.19. The fraction of sp³-hybridized carbons (Fsp3) is 0.643. The van der Waals surface area contributed by atoms with E-state index >= 15 is 0 Å². The van der Waals surface area contributed by atoms with E-state index in [0.717, 1.165) is 5.57 Å². The summed E-state index contributed by atoms with van der Waals surface area (Å²) in [4.78, 5) is 0. The van der Waals surface area contributed by atoms with Crippen molar-refractivity contribution >= 4 is 0 Å². The standard InChI is InChI=1S/C14H23N/c1-5-8-14(9-6-2)12(4)10-13(7-3)11-15/h7,10,14H,5-6,8-9H2,1-4H3/b12-10+,13-7+. The SMILES string of the molecule is C/C=C(C#N)\C=C(/C)C(CCC)CCC. The fourth-order valence-corrected chi connectivity index (χ4v) is 1.84. The summed E-state index contributed by atoms with van der Waals surface area (Å²) in [6.45, 7) is 8.50. The van der Waals surface area contributed by atoms with E-state index in [2.05, 4.69) is 26.8 Å². The van der Waals surface area contributed by atoms with Gasteiger partial charge in [-0.25, -0.2) is 0 Å². The maximum atomic E-state index is 8.85. The maximum Gasteiger partial charge on any atom is 0.0988 e. The molecule has 0 aromatic carbocycles. The maximum absolute atomic E-state index is 8.85. The summed E-state index contributed by atoms with van der Waals surface area (Å²) >= 11 is 0. The van der Waals surface area contributed by atoms with Gasteiger partial charge in [-0.3, -0.25) is 0 Å². The zero-order valence-corrected chi connectivity index (χ0v) is 10.5. The third-order valence-electron chi connectivity index (χ3n) is 2.74. The Morgan fingerprint density at radius 1 is 1.27 bits per heavy atom. The summed E-state index contributed by atoms with van der Waals surface area (Å²) in [6.07, 6.45) is 8.81. The molecule has 0 saturated heterocycles. The smallest absolute Gasteiger partial charge is 0.0988 e. The van der Waals surface area contributed by atoms with Gasteiger partial charge in [-0.1, -0.05) is 38.3 Å². The fourth-order valence-electron chi connectivity index (χ4n) is 1.84. The summed E-state index contributed by atoms with van der Waals surface area (Å²) in [5.41, 5.74) is 2.14. The van der Waals surface area contributed by atoms with E-state index in [1.165, 1.54) is 31.3 Å². The van der Waals surface area contributed by atoms with Crippen molar-refractivity contribution in [3.63, 3.8) is 0 Å². The average molecular weight is 205 g/mol. The Bertz CT molecular complexity index is 260. The predicted octanol–water partition coefficient (Wildman–Crippen LogP) is 4.62. The van der Waals surface area contributed by atoms with Gasteiger partial charge in [-0.2, -0.15) is 5.26 Å². The normalized spacial score (nSPS) is 13.1. The second-order valence-corrected chi connectivity index (χ2v) is 4.02. The molecule has 0 aromatic heterocycles. The molecule has 0 aliphatic rings. The van der Waals surface area contributed by atoms with Crippen LogP contribution in [0.3, 0.4) is 0 Å². The highest BCUT2D eigenvalue weighted by molar-refractivity contribution is 5.35. The third kappa shape index (κ3) is 5.42. The van der Waals surface area contributed by atoms with Crippen LogP contribution in [0.1, 0.15) is 53.4 Å². The van der Waals surface area contributed by atoms with Crippen molar-refractivity contribution in [1.82, 2.24) is 0 Å². The van der Waals surface area contributed by atoms with Gasteiger partial charge in [-0.15, -0.1) is 0 Å². The molecule has 0 aliphatic carbocycles. The second-order valence-electron chi connectivity index (χ2n) is 4.02. The van der Waals surface area contributed by atoms with Crippen molar-refractivity contribution < 1.29 is 0 Å². The lowest BCUT2D eigenvalue weighted by Crippen LogP contribution is -2.01. The lowest BCUT2D eigenvalue weighted by molar-refractivity contribution is 0.504. The van der Waals surface area contributed by atoms with Crippen LogP contribution in [0.2, 0.25) is 0 Å². The van der Waals surface area contributed by atoms with Crippen LogP contribution in [0.5, 0.6) is 0 Å². The van der Waals surface area contributed by atoms with Crippen LogP contribution in [0.15, 0.2) is 23.3 Å². The molecule has 0 spiro atoms. The van der Waals surface area contributed by atoms with Gasteiger partial charge in [0.05, 0.1) is 6.07 Å². The topological polar surface area (TPSA) is 23.8 Å².